The van der Waals surface area contributed by atoms with Crippen LogP contribution in [0.2, 0.25) is 0 Å². The van der Waals surface area contributed by atoms with E-state index in [4.69, 9.17) is 0 Å². The molecule has 1 heteroatoms. The van der Waals surface area contributed by atoms with E-state index in [0.717, 1.165) is 36.8 Å². The van der Waals surface area contributed by atoms with Gasteiger partial charge in [-0.05, 0) is 43.7 Å². The first-order valence-corrected chi connectivity index (χ1v) is 7.27. The highest BCUT2D eigenvalue weighted by Crippen LogP contribution is 2.17. The van der Waals surface area contributed by atoms with E-state index in [2.05, 4.69) is 36.9 Å². The smallest absolute Gasteiger partial charge is 0.163 e. The molecule has 0 heterocycles. The number of carbonyl (C=O) groups is 1. The van der Waals surface area contributed by atoms with Crippen LogP contribution in [0, 0.1) is 0 Å². The van der Waals surface area contributed by atoms with E-state index in [9.17, 15) is 4.79 Å². The molecule has 0 amide bonds. The van der Waals surface area contributed by atoms with Gasteiger partial charge in [-0.3, -0.25) is 4.79 Å². The number of rotatable bonds is 6. The molecule has 0 saturated heterocycles. The fraction of sp³-hybridized carbons (Fsp3) is 0.316. The summed E-state index contributed by atoms with van der Waals surface area (Å²) in [5, 5.41) is 0. The second kappa shape index (κ2) is 7.04. The van der Waals surface area contributed by atoms with Crippen LogP contribution in [-0.4, -0.2) is 5.78 Å². The predicted molar refractivity (Wildman–Crippen MR) is 85.0 cm³/mol. The van der Waals surface area contributed by atoms with Gasteiger partial charge in [0.25, 0.3) is 0 Å². The Morgan fingerprint density at radius 2 is 1.90 bits per heavy atom. The van der Waals surface area contributed by atoms with Gasteiger partial charge in [-0.25, -0.2) is 0 Å². The Kier molecular flexibility index (Phi) is 5.11. The fourth-order valence-electron chi connectivity index (χ4n) is 2.31. The van der Waals surface area contributed by atoms with E-state index in [-0.39, 0.29) is 5.78 Å². The summed E-state index contributed by atoms with van der Waals surface area (Å²) < 4.78 is 0. The molecular formula is C19H22O. The van der Waals surface area contributed by atoms with Crippen LogP contribution < -0.4 is 0 Å². The van der Waals surface area contributed by atoms with Crippen LogP contribution in [0.3, 0.4) is 0 Å². The largest absolute Gasteiger partial charge is 0.294 e. The molecule has 0 N–H and O–H groups in total. The fourth-order valence-corrected chi connectivity index (χ4v) is 2.31. The molecule has 1 nitrogen and oxygen atoms in total. The van der Waals surface area contributed by atoms with Crippen LogP contribution in [0.15, 0.2) is 60.2 Å². The Morgan fingerprint density at radius 3 is 2.50 bits per heavy atom. The molecule has 1 aliphatic rings. The van der Waals surface area contributed by atoms with Crippen molar-refractivity contribution in [3.8, 4) is 0 Å². The molecule has 0 bridgehead atoms. The number of ketones is 1. The van der Waals surface area contributed by atoms with Gasteiger partial charge < -0.3 is 0 Å². The van der Waals surface area contributed by atoms with Crippen molar-refractivity contribution < 1.29 is 4.79 Å². The number of carbonyl (C=O) groups excluding carboxylic acids is 1. The number of allylic oxidation sites excluding steroid dienone is 5. The van der Waals surface area contributed by atoms with E-state index in [0.29, 0.717) is 6.42 Å². The van der Waals surface area contributed by atoms with Crippen LogP contribution in [0.4, 0.5) is 0 Å². The summed E-state index contributed by atoms with van der Waals surface area (Å²) in [6.07, 6.45) is 11.3. The van der Waals surface area contributed by atoms with Gasteiger partial charge >= 0.3 is 0 Å². The minimum Gasteiger partial charge on any atom is -0.294 e. The van der Waals surface area contributed by atoms with Gasteiger partial charge in [0.05, 0.1) is 0 Å². The molecule has 20 heavy (non-hydrogen) atoms. The molecule has 2 rings (SSSR count). The van der Waals surface area contributed by atoms with Gasteiger partial charge in [0.15, 0.2) is 5.78 Å². The first kappa shape index (κ1) is 14.5. The van der Waals surface area contributed by atoms with Crippen molar-refractivity contribution in [1.29, 1.82) is 0 Å². The maximum absolute atomic E-state index is 12.0. The molecule has 1 aromatic carbocycles. The first-order chi connectivity index (χ1) is 9.65. The number of benzene rings is 1. The maximum atomic E-state index is 12.0. The molecule has 0 fully saturated rings. The number of hydrogen-bond acceptors (Lipinski definition) is 1. The second-order valence-corrected chi connectivity index (χ2v) is 5.51. The quantitative estimate of drug-likeness (QED) is 0.520. The molecule has 0 atom stereocenters. The van der Waals surface area contributed by atoms with Crippen molar-refractivity contribution in [2.75, 3.05) is 0 Å². The average Bonchev–Trinajstić information content (AvgIpc) is 2.46. The highest BCUT2D eigenvalue weighted by molar-refractivity contribution is 5.96. The molecule has 104 valence electrons. The maximum Gasteiger partial charge on any atom is 0.163 e. The summed E-state index contributed by atoms with van der Waals surface area (Å²) >= 11 is 0. The van der Waals surface area contributed by atoms with Gasteiger partial charge in [-0.15, -0.1) is 6.58 Å². The van der Waals surface area contributed by atoms with E-state index in [1.54, 1.807) is 0 Å². The molecule has 0 aromatic heterocycles. The molecule has 0 aliphatic heterocycles. The Hall–Kier alpha value is -1.89. The zero-order valence-corrected chi connectivity index (χ0v) is 12.2. The third-order valence-corrected chi connectivity index (χ3v) is 3.53. The Morgan fingerprint density at radius 1 is 1.15 bits per heavy atom. The molecule has 0 unspecified atom stereocenters. The van der Waals surface area contributed by atoms with E-state index >= 15 is 0 Å². The topological polar surface area (TPSA) is 17.1 Å². The summed E-state index contributed by atoms with van der Waals surface area (Å²) in [5.41, 5.74) is 4.51. The Bertz CT molecular complexity index is 544. The molecular weight excluding hydrogens is 244 g/mol. The van der Waals surface area contributed by atoms with Crippen LogP contribution in [0.25, 0.3) is 0 Å². The van der Waals surface area contributed by atoms with Crippen molar-refractivity contribution >= 4 is 5.78 Å². The Balaban J connectivity index is 1.95. The van der Waals surface area contributed by atoms with Crippen LogP contribution in [0.1, 0.15) is 48.5 Å². The average molecular weight is 266 g/mol. The summed E-state index contributed by atoms with van der Waals surface area (Å²) in [6, 6.07) is 8.03. The van der Waals surface area contributed by atoms with E-state index < -0.39 is 0 Å². The van der Waals surface area contributed by atoms with Gasteiger partial charge in [0.1, 0.15) is 0 Å². The van der Waals surface area contributed by atoms with Crippen LogP contribution in [-0.2, 0) is 6.42 Å². The summed E-state index contributed by atoms with van der Waals surface area (Å²) in [5.74, 6) is 0.205. The summed E-state index contributed by atoms with van der Waals surface area (Å²) in [4.78, 5) is 12.0. The minimum absolute atomic E-state index is 0.205. The normalized spacial score (nSPS) is 13.9. The van der Waals surface area contributed by atoms with Gasteiger partial charge in [0, 0.05) is 12.0 Å². The standard InChI is InChI=1S/C19H22O/c1-15(2)8-13-19(20)18-11-9-17(10-12-18)14-16-6-4-3-5-7-16/h4,6-7,9-12H,1,3,5,8,13-14H2,2H3. The number of hydrogen-bond donors (Lipinski definition) is 0. The van der Waals surface area contributed by atoms with Gasteiger partial charge in [-0.1, -0.05) is 48.1 Å². The summed E-state index contributed by atoms with van der Waals surface area (Å²) in [6.45, 7) is 5.80. The molecule has 0 saturated carbocycles. The van der Waals surface area contributed by atoms with Gasteiger partial charge in [-0.2, -0.15) is 0 Å². The van der Waals surface area contributed by atoms with E-state index in [1.807, 2.05) is 19.1 Å². The van der Waals surface area contributed by atoms with Crippen molar-refractivity contribution in [1.82, 2.24) is 0 Å². The highest BCUT2D eigenvalue weighted by atomic mass is 16.1. The molecule has 1 aliphatic carbocycles. The first-order valence-electron chi connectivity index (χ1n) is 7.27. The SMILES string of the molecule is C=C(C)CCC(=O)c1ccc(CC2=CCCC=C2)cc1. The zero-order chi connectivity index (χ0) is 14.4. The lowest BCUT2D eigenvalue weighted by molar-refractivity contribution is 0.0983. The molecule has 0 radical (unpaired) electrons. The van der Waals surface area contributed by atoms with Crippen molar-refractivity contribution in [2.24, 2.45) is 0 Å². The van der Waals surface area contributed by atoms with Crippen molar-refractivity contribution in [3.05, 3.63) is 71.3 Å². The van der Waals surface area contributed by atoms with E-state index in [1.165, 1.54) is 11.1 Å². The lowest BCUT2D eigenvalue weighted by Crippen LogP contribution is -2.00. The second-order valence-electron chi connectivity index (χ2n) is 5.51. The minimum atomic E-state index is 0.205. The molecule has 0 spiro atoms. The third-order valence-electron chi connectivity index (χ3n) is 3.53. The molecule has 1 aromatic rings. The third kappa shape index (κ3) is 4.34. The van der Waals surface area contributed by atoms with Crippen molar-refractivity contribution in [2.45, 2.75) is 39.0 Å². The van der Waals surface area contributed by atoms with Crippen molar-refractivity contribution in [3.63, 3.8) is 0 Å². The summed E-state index contributed by atoms with van der Waals surface area (Å²) in [7, 11) is 0. The highest BCUT2D eigenvalue weighted by Gasteiger charge is 2.06. The monoisotopic (exact) mass is 266 g/mol. The lowest BCUT2D eigenvalue weighted by atomic mass is 9.97. The van der Waals surface area contributed by atoms with Crippen LogP contribution in [0.5, 0.6) is 0 Å². The zero-order valence-electron chi connectivity index (χ0n) is 12.2. The van der Waals surface area contributed by atoms with Gasteiger partial charge in [0.2, 0.25) is 0 Å². The predicted octanol–water partition coefficient (Wildman–Crippen LogP) is 5.04. The number of Topliss-reactive ketones (excluding diaryl/α,β-unsaturated/α-hetero) is 1. The van der Waals surface area contributed by atoms with Crippen LogP contribution >= 0.6 is 0 Å². The lowest BCUT2D eigenvalue weighted by Gasteiger charge is -2.08. The Labute approximate surface area is 121 Å².